The summed E-state index contributed by atoms with van der Waals surface area (Å²) in [6, 6.07) is 7.47. The highest BCUT2D eigenvalue weighted by Gasteiger charge is 2.20. The maximum Gasteiger partial charge on any atom is 0.252 e. The van der Waals surface area contributed by atoms with Gasteiger partial charge in [-0.05, 0) is 19.1 Å². The van der Waals surface area contributed by atoms with E-state index in [9.17, 15) is 4.79 Å². The van der Waals surface area contributed by atoms with Crippen molar-refractivity contribution in [3.63, 3.8) is 0 Å². The summed E-state index contributed by atoms with van der Waals surface area (Å²) in [6.07, 6.45) is 0. The lowest BCUT2D eigenvalue weighted by atomic mass is 10.1. The highest BCUT2D eigenvalue weighted by molar-refractivity contribution is 5.88. The summed E-state index contributed by atoms with van der Waals surface area (Å²) < 4.78 is 1.57. The van der Waals surface area contributed by atoms with Gasteiger partial charge in [-0.3, -0.25) is 4.79 Å². The standard InChI is InChI=1S/C15H17N5O/c1-10-9-20(6-5-17-10)13-7-14(21)19(2)12-4-3-11(8-16)18-15(12)13/h3-4,7,10,17H,5-6,9H2,1-2H3. The smallest absolute Gasteiger partial charge is 0.252 e. The van der Waals surface area contributed by atoms with Crippen LogP contribution in [0.2, 0.25) is 0 Å². The number of hydrogen-bond acceptors (Lipinski definition) is 5. The van der Waals surface area contributed by atoms with Crippen LogP contribution in [0.4, 0.5) is 5.69 Å². The molecule has 1 saturated heterocycles. The van der Waals surface area contributed by atoms with E-state index < -0.39 is 0 Å². The Bertz CT molecular complexity index is 789. The van der Waals surface area contributed by atoms with Crippen molar-refractivity contribution in [2.75, 3.05) is 24.5 Å². The number of nitriles is 1. The maximum absolute atomic E-state index is 12.2. The number of anilines is 1. The van der Waals surface area contributed by atoms with Gasteiger partial charge in [0.15, 0.2) is 0 Å². The predicted octanol–water partition coefficient (Wildman–Crippen LogP) is 0.603. The van der Waals surface area contributed by atoms with Crippen LogP contribution >= 0.6 is 0 Å². The number of aromatic nitrogens is 2. The average Bonchev–Trinajstić information content (AvgIpc) is 2.50. The minimum atomic E-state index is -0.0600. The zero-order valence-corrected chi connectivity index (χ0v) is 12.1. The van der Waals surface area contributed by atoms with Crippen molar-refractivity contribution in [1.29, 1.82) is 5.26 Å². The third kappa shape index (κ3) is 2.36. The molecule has 1 unspecified atom stereocenters. The maximum atomic E-state index is 12.2. The Morgan fingerprint density at radius 2 is 2.29 bits per heavy atom. The summed E-state index contributed by atoms with van der Waals surface area (Å²) in [7, 11) is 1.72. The van der Waals surface area contributed by atoms with Crippen LogP contribution in [-0.4, -0.2) is 35.2 Å². The second-order valence-corrected chi connectivity index (χ2v) is 5.40. The van der Waals surface area contributed by atoms with Crippen molar-refractivity contribution < 1.29 is 0 Å². The number of hydrogen-bond donors (Lipinski definition) is 1. The zero-order valence-electron chi connectivity index (χ0n) is 12.1. The van der Waals surface area contributed by atoms with Crippen LogP contribution in [0.25, 0.3) is 11.0 Å². The van der Waals surface area contributed by atoms with E-state index in [0.29, 0.717) is 17.3 Å². The summed E-state index contributed by atoms with van der Waals surface area (Å²) in [6.45, 7) is 4.63. The molecule has 0 bridgehead atoms. The second kappa shape index (κ2) is 5.19. The monoisotopic (exact) mass is 283 g/mol. The molecular formula is C15H17N5O. The molecule has 1 atom stereocenters. The number of piperazine rings is 1. The minimum absolute atomic E-state index is 0.0600. The molecule has 21 heavy (non-hydrogen) atoms. The van der Waals surface area contributed by atoms with Crippen molar-refractivity contribution in [2.24, 2.45) is 7.05 Å². The Morgan fingerprint density at radius 3 is 3.00 bits per heavy atom. The van der Waals surface area contributed by atoms with Crippen molar-refractivity contribution in [3.8, 4) is 6.07 Å². The molecule has 0 amide bonds. The SMILES string of the molecule is CC1CN(c2cc(=O)n(C)c3ccc(C#N)nc23)CCN1. The molecule has 0 aliphatic carbocycles. The normalized spacial score (nSPS) is 18.7. The number of rotatable bonds is 1. The number of pyridine rings is 2. The molecule has 1 N–H and O–H groups in total. The van der Waals surface area contributed by atoms with Gasteiger partial charge in [-0.15, -0.1) is 0 Å². The Morgan fingerprint density at radius 1 is 1.48 bits per heavy atom. The van der Waals surface area contributed by atoms with Crippen molar-refractivity contribution in [3.05, 3.63) is 34.2 Å². The third-order valence-corrected chi connectivity index (χ3v) is 3.89. The van der Waals surface area contributed by atoms with E-state index in [1.165, 1.54) is 0 Å². The highest BCUT2D eigenvalue weighted by Crippen LogP contribution is 2.24. The van der Waals surface area contributed by atoms with Gasteiger partial charge in [-0.25, -0.2) is 4.98 Å². The number of fused-ring (bicyclic) bond motifs is 1. The summed E-state index contributed by atoms with van der Waals surface area (Å²) in [5.41, 5.74) is 2.59. The molecule has 0 saturated carbocycles. The van der Waals surface area contributed by atoms with Gasteiger partial charge in [0.25, 0.3) is 5.56 Å². The Balaban J connectivity index is 2.23. The molecule has 1 fully saturated rings. The Hall–Kier alpha value is -2.39. The molecule has 0 radical (unpaired) electrons. The first-order valence-corrected chi connectivity index (χ1v) is 6.99. The number of nitrogens with one attached hydrogen (secondary N) is 1. The molecule has 108 valence electrons. The Kier molecular flexibility index (Phi) is 3.35. The van der Waals surface area contributed by atoms with Crippen LogP contribution in [0.1, 0.15) is 12.6 Å². The van der Waals surface area contributed by atoms with E-state index in [-0.39, 0.29) is 5.56 Å². The largest absolute Gasteiger partial charge is 0.367 e. The molecule has 6 nitrogen and oxygen atoms in total. The third-order valence-electron chi connectivity index (χ3n) is 3.89. The number of aryl methyl sites for hydroxylation is 1. The first kappa shape index (κ1) is 13.6. The minimum Gasteiger partial charge on any atom is -0.367 e. The molecule has 3 heterocycles. The Labute approximate surface area is 122 Å². The molecule has 1 aliphatic rings. The fourth-order valence-corrected chi connectivity index (χ4v) is 2.77. The van der Waals surface area contributed by atoms with Gasteiger partial charge < -0.3 is 14.8 Å². The van der Waals surface area contributed by atoms with Crippen LogP contribution in [-0.2, 0) is 7.05 Å². The van der Waals surface area contributed by atoms with Crippen LogP contribution in [0.5, 0.6) is 0 Å². The van der Waals surface area contributed by atoms with E-state index in [1.54, 1.807) is 29.8 Å². The molecule has 6 heteroatoms. The van der Waals surface area contributed by atoms with Gasteiger partial charge in [-0.1, -0.05) is 0 Å². The average molecular weight is 283 g/mol. The summed E-state index contributed by atoms with van der Waals surface area (Å²) in [5, 5.41) is 12.4. The van der Waals surface area contributed by atoms with Gasteiger partial charge in [0.05, 0.1) is 11.2 Å². The fraction of sp³-hybridized carbons (Fsp3) is 0.400. The zero-order chi connectivity index (χ0) is 15.0. The van der Waals surface area contributed by atoms with Crippen molar-refractivity contribution in [2.45, 2.75) is 13.0 Å². The van der Waals surface area contributed by atoms with Crippen LogP contribution in [0, 0.1) is 11.3 Å². The molecular weight excluding hydrogens is 266 g/mol. The molecule has 0 aromatic carbocycles. The number of nitrogens with zero attached hydrogens (tertiary/aromatic N) is 4. The van der Waals surface area contributed by atoms with Gasteiger partial charge in [0.1, 0.15) is 17.3 Å². The highest BCUT2D eigenvalue weighted by atomic mass is 16.1. The molecule has 3 rings (SSSR count). The van der Waals surface area contributed by atoms with E-state index >= 15 is 0 Å². The summed E-state index contributed by atoms with van der Waals surface area (Å²) >= 11 is 0. The van der Waals surface area contributed by atoms with Gasteiger partial charge in [0.2, 0.25) is 0 Å². The van der Waals surface area contributed by atoms with Gasteiger partial charge >= 0.3 is 0 Å². The van der Waals surface area contributed by atoms with Gasteiger partial charge in [0, 0.05) is 38.8 Å². The van der Waals surface area contributed by atoms with Crippen LogP contribution < -0.4 is 15.8 Å². The lowest BCUT2D eigenvalue weighted by Gasteiger charge is -2.34. The van der Waals surface area contributed by atoms with E-state index in [4.69, 9.17) is 5.26 Å². The van der Waals surface area contributed by atoms with Crippen LogP contribution in [0.3, 0.4) is 0 Å². The van der Waals surface area contributed by atoms with E-state index in [0.717, 1.165) is 30.8 Å². The summed E-state index contributed by atoms with van der Waals surface area (Å²) in [5.74, 6) is 0. The lowest BCUT2D eigenvalue weighted by Crippen LogP contribution is -2.49. The topological polar surface area (TPSA) is 74.0 Å². The van der Waals surface area contributed by atoms with E-state index in [2.05, 4.69) is 28.2 Å². The lowest BCUT2D eigenvalue weighted by molar-refractivity contribution is 0.485. The second-order valence-electron chi connectivity index (χ2n) is 5.40. The molecule has 2 aromatic rings. The first-order chi connectivity index (χ1) is 10.1. The first-order valence-electron chi connectivity index (χ1n) is 6.99. The fourth-order valence-electron chi connectivity index (χ4n) is 2.77. The predicted molar refractivity (Wildman–Crippen MR) is 81.4 cm³/mol. The van der Waals surface area contributed by atoms with Crippen molar-refractivity contribution >= 4 is 16.7 Å². The molecule has 1 aliphatic heterocycles. The van der Waals surface area contributed by atoms with Crippen LogP contribution in [0.15, 0.2) is 23.0 Å². The quantitative estimate of drug-likeness (QED) is 0.830. The molecule has 0 spiro atoms. The van der Waals surface area contributed by atoms with Gasteiger partial charge in [-0.2, -0.15) is 5.26 Å². The van der Waals surface area contributed by atoms with Crippen molar-refractivity contribution in [1.82, 2.24) is 14.9 Å². The molecule has 2 aromatic heterocycles. The summed E-state index contributed by atoms with van der Waals surface area (Å²) in [4.78, 5) is 18.7. The van der Waals surface area contributed by atoms with E-state index in [1.807, 2.05) is 0 Å².